The van der Waals surface area contributed by atoms with E-state index in [1.165, 1.54) is 11.8 Å². The van der Waals surface area contributed by atoms with Crippen LogP contribution in [0.15, 0.2) is 24.3 Å². The lowest BCUT2D eigenvalue weighted by molar-refractivity contribution is 0.317. The van der Waals surface area contributed by atoms with Crippen molar-refractivity contribution >= 4 is 9.84 Å². The Kier molecular flexibility index (Phi) is 7.02. The third kappa shape index (κ3) is 7.50. The highest BCUT2D eigenvalue weighted by molar-refractivity contribution is 7.90. The van der Waals surface area contributed by atoms with Gasteiger partial charge in [0.05, 0.1) is 12.4 Å². The largest absolute Gasteiger partial charge is 0.494 e. The van der Waals surface area contributed by atoms with E-state index in [0.29, 0.717) is 19.1 Å². The smallest absolute Gasteiger partial charge is 0.147 e. The molecule has 0 aliphatic heterocycles. The van der Waals surface area contributed by atoms with Crippen LogP contribution in [0.1, 0.15) is 25.3 Å². The van der Waals surface area contributed by atoms with E-state index in [0.717, 1.165) is 18.6 Å². The van der Waals surface area contributed by atoms with Crippen molar-refractivity contribution < 1.29 is 13.2 Å². The third-order valence-corrected chi connectivity index (χ3v) is 4.24. The molecular formula is C15H25NO3S. The van der Waals surface area contributed by atoms with E-state index in [9.17, 15) is 8.42 Å². The first kappa shape index (κ1) is 17.0. The van der Waals surface area contributed by atoms with Crippen molar-refractivity contribution in [3.63, 3.8) is 0 Å². The van der Waals surface area contributed by atoms with Gasteiger partial charge in [-0.15, -0.1) is 0 Å². The number of ether oxygens (including phenoxy) is 1. The Morgan fingerprint density at radius 1 is 1.25 bits per heavy atom. The molecule has 0 radical (unpaired) electrons. The molecule has 0 amide bonds. The van der Waals surface area contributed by atoms with Gasteiger partial charge in [0, 0.05) is 12.3 Å². The summed E-state index contributed by atoms with van der Waals surface area (Å²) in [5, 5.41) is 3.22. The fraction of sp³-hybridized carbons (Fsp3) is 0.600. The molecule has 1 atom stereocenters. The molecule has 0 bridgehead atoms. The van der Waals surface area contributed by atoms with Crippen molar-refractivity contribution in [2.75, 3.05) is 25.7 Å². The van der Waals surface area contributed by atoms with Crippen molar-refractivity contribution in [3.05, 3.63) is 29.8 Å². The third-order valence-electron chi connectivity index (χ3n) is 3.21. The number of hydrogen-bond donors (Lipinski definition) is 1. The van der Waals surface area contributed by atoms with Gasteiger partial charge in [0.2, 0.25) is 0 Å². The van der Waals surface area contributed by atoms with Crippen LogP contribution in [0, 0.1) is 0 Å². The molecule has 0 fully saturated rings. The van der Waals surface area contributed by atoms with E-state index < -0.39 is 9.84 Å². The highest BCUT2D eigenvalue weighted by Gasteiger charge is 2.03. The lowest BCUT2D eigenvalue weighted by Gasteiger charge is -2.10. The zero-order valence-electron chi connectivity index (χ0n) is 12.6. The molecule has 1 N–H and O–H groups in total. The van der Waals surface area contributed by atoms with Crippen LogP contribution in [0.2, 0.25) is 0 Å². The van der Waals surface area contributed by atoms with Gasteiger partial charge in [-0.2, -0.15) is 0 Å². The summed E-state index contributed by atoms with van der Waals surface area (Å²) >= 11 is 0. The predicted molar refractivity (Wildman–Crippen MR) is 83.1 cm³/mol. The summed E-state index contributed by atoms with van der Waals surface area (Å²) < 4.78 is 27.5. The first-order valence-corrected chi connectivity index (χ1v) is 9.03. The second-order valence-corrected chi connectivity index (χ2v) is 7.46. The van der Waals surface area contributed by atoms with Crippen LogP contribution in [-0.4, -0.2) is 40.1 Å². The van der Waals surface area contributed by atoms with Gasteiger partial charge < -0.3 is 10.1 Å². The maximum absolute atomic E-state index is 11.0. The van der Waals surface area contributed by atoms with Crippen molar-refractivity contribution in [2.24, 2.45) is 0 Å². The molecule has 0 saturated heterocycles. The number of sulfone groups is 1. The Bertz CT molecular complexity index is 482. The predicted octanol–water partition coefficient (Wildman–Crippen LogP) is 2.04. The van der Waals surface area contributed by atoms with E-state index in [1.807, 2.05) is 19.2 Å². The van der Waals surface area contributed by atoms with E-state index in [-0.39, 0.29) is 5.75 Å². The van der Waals surface area contributed by atoms with Gasteiger partial charge in [0.1, 0.15) is 15.6 Å². The van der Waals surface area contributed by atoms with E-state index in [4.69, 9.17) is 4.74 Å². The monoisotopic (exact) mass is 299 g/mol. The molecular weight excluding hydrogens is 274 g/mol. The summed E-state index contributed by atoms with van der Waals surface area (Å²) in [7, 11) is -0.919. The van der Waals surface area contributed by atoms with Gasteiger partial charge in [-0.3, -0.25) is 0 Å². The number of rotatable bonds is 9. The SMILES string of the molecule is CNC(C)CCc1ccc(OCCCS(C)(=O)=O)cc1. The zero-order valence-corrected chi connectivity index (χ0v) is 13.4. The molecule has 1 unspecified atom stereocenters. The normalized spacial score (nSPS) is 13.2. The Labute approximate surface area is 122 Å². The van der Waals surface area contributed by atoms with Gasteiger partial charge >= 0.3 is 0 Å². The molecule has 0 aliphatic rings. The minimum Gasteiger partial charge on any atom is -0.494 e. The van der Waals surface area contributed by atoms with Gasteiger partial charge in [0.25, 0.3) is 0 Å². The number of nitrogens with one attached hydrogen (secondary N) is 1. The summed E-state index contributed by atoms with van der Waals surface area (Å²) in [6, 6.07) is 8.53. The van der Waals surface area contributed by atoms with Crippen LogP contribution in [0.4, 0.5) is 0 Å². The zero-order chi connectivity index (χ0) is 15.0. The van der Waals surface area contributed by atoms with Crippen molar-refractivity contribution in [2.45, 2.75) is 32.2 Å². The highest BCUT2D eigenvalue weighted by Crippen LogP contribution is 2.14. The molecule has 1 aromatic carbocycles. The second kappa shape index (κ2) is 8.27. The maximum Gasteiger partial charge on any atom is 0.147 e. The Hall–Kier alpha value is -1.07. The Balaban J connectivity index is 2.31. The quantitative estimate of drug-likeness (QED) is 0.709. The molecule has 5 heteroatoms. The van der Waals surface area contributed by atoms with Crippen molar-refractivity contribution in [3.8, 4) is 5.75 Å². The van der Waals surface area contributed by atoms with E-state index in [1.54, 1.807) is 0 Å². The average molecular weight is 299 g/mol. The molecule has 0 aromatic heterocycles. The molecule has 1 aromatic rings. The molecule has 1 rings (SSSR count). The van der Waals surface area contributed by atoms with Crippen molar-refractivity contribution in [1.82, 2.24) is 5.32 Å². The minimum atomic E-state index is -2.89. The second-order valence-electron chi connectivity index (χ2n) is 5.20. The summed E-state index contributed by atoms with van der Waals surface area (Å²) in [6.07, 6.45) is 3.91. The van der Waals surface area contributed by atoms with Crippen LogP contribution < -0.4 is 10.1 Å². The maximum atomic E-state index is 11.0. The van der Waals surface area contributed by atoms with Crippen LogP contribution in [0.5, 0.6) is 5.75 Å². The first-order chi connectivity index (χ1) is 9.40. The lowest BCUT2D eigenvalue weighted by atomic mass is 10.1. The van der Waals surface area contributed by atoms with Crippen LogP contribution in [-0.2, 0) is 16.3 Å². The molecule has 4 nitrogen and oxygen atoms in total. The molecule has 0 heterocycles. The Morgan fingerprint density at radius 2 is 1.90 bits per heavy atom. The standard InChI is InChI=1S/C15H25NO3S/c1-13(16-2)5-6-14-7-9-15(10-8-14)19-11-4-12-20(3,17)18/h7-10,13,16H,4-6,11-12H2,1-3H3. The molecule has 114 valence electrons. The van der Waals surface area contributed by atoms with Gasteiger partial charge in [0.15, 0.2) is 0 Å². The minimum absolute atomic E-state index is 0.174. The lowest BCUT2D eigenvalue weighted by Crippen LogP contribution is -2.21. The summed E-state index contributed by atoms with van der Waals surface area (Å²) in [5.41, 5.74) is 1.29. The van der Waals surface area contributed by atoms with Gasteiger partial charge in [-0.05, 0) is 50.9 Å². The average Bonchev–Trinajstić information content (AvgIpc) is 2.41. The van der Waals surface area contributed by atoms with E-state index in [2.05, 4.69) is 24.4 Å². The molecule has 0 saturated carbocycles. The highest BCUT2D eigenvalue weighted by atomic mass is 32.2. The summed E-state index contributed by atoms with van der Waals surface area (Å²) in [4.78, 5) is 0. The van der Waals surface area contributed by atoms with Gasteiger partial charge in [-0.1, -0.05) is 12.1 Å². The fourth-order valence-electron chi connectivity index (χ4n) is 1.79. The van der Waals surface area contributed by atoms with Crippen molar-refractivity contribution in [1.29, 1.82) is 0 Å². The molecule has 20 heavy (non-hydrogen) atoms. The van der Waals surface area contributed by atoms with E-state index >= 15 is 0 Å². The Morgan fingerprint density at radius 3 is 2.45 bits per heavy atom. The van der Waals surface area contributed by atoms with Gasteiger partial charge in [-0.25, -0.2) is 8.42 Å². The number of hydrogen-bond acceptors (Lipinski definition) is 4. The number of benzene rings is 1. The number of aryl methyl sites for hydroxylation is 1. The van der Waals surface area contributed by atoms with Crippen LogP contribution in [0.25, 0.3) is 0 Å². The summed E-state index contributed by atoms with van der Waals surface area (Å²) in [6.45, 7) is 2.60. The molecule has 0 aliphatic carbocycles. The first-order valence-electron chi connectivity index (χ1n) is 6.97. The fourth-order valence-corrected chi connectivity index (χ4v) is 2.43. The molecule has 0 spiro atoms. The van der Waals surface area contributed by atoms with Crippen LogP contribution in [0.3, 0.4) is 0 Å². The topological polar surface area (TPSA) is 55.4 Å². The summed E-state index contributed by atoms with van der Waals surface area (Å²) in [5.74, 6) is 0.969. The van der Waals surface area contributed by atoms with Crippen LogP contribution >= 0.6 is 0 Å².